The van der Waals surface area contributed by atoms with Gasteiger partial charge in [0.1, 0.15) is 0 Å². The van der Waals surface area contributed by atoms with E-state index >= 15 is 0 Å². The molecule has 21 heavy (non-hydrogen) atoms. The summed E-state index contributed by atoms with van der Waals surface area (Å²) in [5.41, 5.74) is 0. The van der Waals surface area contributed by atoms with E-state index in [0.717, 1.165) is 32.2 Å². The number of amides is 2. The summed E-state index contributed by atoms with van der Waals surface area (Å²) in [4.78, 5) is 23.9. The van der Waals surface area contributed by atoms with Crippen molar-refractivity contribution in [3.8, 4) is 0 Å². The van der Waals surface area contributed by atoms with Crippen molar-refractivity contribution >= 4 is 11.8 Å². The van der Waals surface area contributed by atoms with E-state index in [-0.39, 0.29) is 29.8 Å². The molecule has 0 spiro atoms. The van der Waals surface area contributed by atoms with Crippen LogP contribution in [-0.4, -0.2) is 37.0 Å². The average Bonchev–Trinajstić information content (AvgIpc) is 2.46. The lowest BCUT2D eigenvalue weighted by Crippen LogP contribution is -2.43. The van der Waals surface area contributed by atoms with Gasteiger partial charge >= 0.3 is 0 Å². The molecule has 0 heterocycles. The molecule has 1 unspecified atom stereocenters. The Kier molecular flexibility index (Phi) is 8.35. The second-order valence-corrected chi connectivity index (χ2v) is 6.21. The van der Waals surface area contributed by atoms with Crippen molar-refractivity contribution in [3.05, 3.63) is 0 Å². The summed E-state index contributed by atoms with van der Waals surface area (Å²) < 4.78 is 0. The Morgan fingerprint density at radius 1 is 1.10 bits per heavy atom. The van der Waals surface area contributed by atoms with Crippen LogP contribution in [0, 0.1) is 5.92 Å². The molecular weight excluding hydrogens is 266 g/mol. The fourth-order valence-corrected chi connectivity index (χ4v) is 2.81. The molecule has 1 saturated carbocycles. The van der Waals surface area contributed by atoms with Crippen molar-refractivity contribution < 1.29 is 9.59 Å². The highest BCUT2D eigenvalue weighted by Crippen LogP contribution is 2.23. The van der Waals surface area contributed by atoms with Gasteiger partial charge in [0.25, 0.3) is 0 Å². The molecule has 3 N–H and O–H groups in total. The lowest BCUT2D eigenvalue weighted by Gasteiger charge is -2.23. The van der Waals surface area contributed by atoms with Crippen LogP contribution in [-0.2, 0) is 9.59 Å². The van der Waals surface area contributed by atoms with Crippen molar-refractivity contribution in [2.45, 2.75) is 71.4 Å². The molecule has 0 radical (unpaired) electrons. The van der Waals surface area contributed by atoms with Gasteiger partial charge in [-0.15, -0.1) is 0 Å². The molecule has 1 aliphatic rings. The maximum atomic E-state index is 12.1. The minimum atomic E-state index is -0.103. The number of nitrogens with one attached hydrogen (secondary N) is 3. The van der Waals surface area contributed by atoms with Gasteiger partial charge < -0.3 is 16.0 Å². The maximum Gasteiger partial charge on any atom is 0.223 e. The van der Waals surface area contributed by atoms with Gasteiger partial charge in [-0.05, 0) is 33.2 Å². The van der Waals surface area contributed by atoms with E-state index in [1.807, 2.05) is 20.8 Å². The Morgan fingerprint density at radius 3 is 2.38 bits per heavy atom. The topological polar surface area (TPSA) is 70.2 Å². The monoisotopic (exact) mass is 297 g/mol. The van der Waals surface area contributed by atoms with Crippen molar-refractivity contribution in [2.24, 2.45) is 5.92 Å². The van der Waals surface area contributed by atoms with E-state index in [2.05, 4.69) is 16.0 Å². The van der Waals surface area contributed by atoms with Crippen LogP contribution in [0.3, 0.4) is 0 Å². The molecule has 2 amide bonds. The smallest absolute Gasteiger partial charge is 0.223 e. The first kappa shape index (κ1) is 18.0. The van der Waals surface area contributed by atoms with Crippen LogP contribution in [0.2, 0.25) is 0 Å². The van der Waals surface area contributed by atoms with Crippen molar-refractivity contribution in [3.63, 3.8) is 0 Å². The highest BCUT2D eigenvalue weighted by Gasteiger charge is 2.22. The van der Waals surface area contributed by atoms with Gasteiger partial charge in [-0.1, -0.05) is 26.2 Å². The average molecular weight is 297 g/mol. The molecule has 1 aliphatic carbocycles. The number of carbonyl (C=O) groups is 2. The number of hydrogen-bond acceptors (Lipinski definition) is 3. The zero-order valence-corrected chi connectivity index (χ0v) is 13.7. The first-order valence-corrected chi connectivity index (χ1v) is 8.33. The normalized spacial score (nSPS) is 18.8. The largest absolute Gasteiger partial charge is 0.354 e. The van der Waals surface area contributed by atoms with E-state index in [9.17, 15) is 9.59 Å². The summed E-state index contributed by atoms with van der Waals surface area (Å²) in [6.07, 6.45) is 5.86. The highest BCUT2D eigenvalue weighted by molar-refractivity contribution is 5.81. The molecule has 2 atom stereocenters. The van der Waals surface area contributed by atoms with Crippen LogP contribution in [0.1, 0.15) is 59.3 Å². The van der Waals surface area contributed by atoms with E-state index in [0.29, 0.717) is 13.0 Å². The maximum absolute atomic E-state index is 12.1. The predicted molar refractivity (Wildman–Crippen MR) is 84.9 cm³/mol. The molecule has 0 aromatic rings. The minimum Gasteiger partial charge on any atom is -0.354 e. The lowest BCUT2D eigenvalue weighted by molar-refractivity contribution is -0.127. The Morgan fingerprint density at radius 2 is 1.76 bits per heavy atom. The van der Waals surface area contributed by atoms with Crippen molar-refractivity contribution in [1.29, 1.82) is 0 Å². The second kappa shape index (κ2) is 9.77. The Labute approximate surface area is 128 Å². The first-order valence-electron chi connectivity index (χ1n) is 8.33. The summed E-state index contributed by atoms with van der Waals surface area (Å²) in [6, 6.07) is 0.167. The van der Waals surface area contributed by atoms with Crippen LogP contribution in [0.5, 0.6) is 0 Å². The van der Waals surface area contributed by atoms with E-state index in [1.165, 1.54) is 6.42 Å². The highest BCUT2D eigenvalue weighted by atomic mass is 16.2. The third-order valence-corrected chi connectivity index (χ3v) is 4.01. The van der Waals surface area contributed by atoms with E-state index in [4.69, 9.17) is 0 Å². The summed E-state index contributed by atoms with van der Waals surface area (Å²) in [6.45, 7) is 7.49. The molecule has 0 aliphatic heterocycles. The zero-order chi connectivity index (χ0) is 15.7. The molecule has 5 heteroatoms. The molecule has 1 fully saturated rings. The Hall–Kier alpha value is -1.10. The fraction of sp³-hybridized carbons (Fsp3) is 0.875. The SMILES string of the molecule is CCN[C@H](C)CNC(=O)CC(C)NC(=O)C1CCCCC1. The van der Waals surface area contributed by atoms with Crippen molar-refractivity contribution in [2.75, 3.05) is 13.1 Å². The van der Waals surface area contributed by atoms with Crippen LogP contribution in [0.25, 0.3) is 0 Å². The fourth-order valence-electron chi connectivity index (χ4n) is 2.81. The number of carbonyl (C=O) groups excluding carboxylic acids is 2. The van der Waals surface area contributed by atoms with Crippen LogP contribution in [0.4, 0.5) is 0 Å². The predicted octanol–water partition coefficient (Wildman–Crippen LogP) is 1.58. The summed E-state index contributed by atoms with van der Waals surface area (Å²) in [5.74, 6) is 0.269. The molecule has 0 aromatic heterocycles. The molecule has 0 bridgehead atoms. The standard InChI is InChI=1S/C16H31N3O2/c1-4-17-13(3)11-18-15(20)10-12(2)19-16(21)14-8-6-5-7-9-14/h12-14,17H,4-11H2,1-3H3,(H,18,20)(H,19,21)/t12?,13-/m1/s1. The number of rotatable bonds is 8. The molecule has 0 aromatic carbocycles. The Balaban J connectivity index is 2.20. The molecule has 5 nitrogen and oxygen atoms in total. The quantitative estimate of drug-likeness (QED) is 0.637. The number of likely N-dealkylation sites (N-methyl/N-ethyl adjacent to an activating group) is 1. The third-order valence-electron chi connectivity index (χ3n) is 4.01. The van der Waals surface area contributed by atoms with Crippen LogP contribution >= 0.6 is 0 Å². The second-order valence-electron chi connectivity index (χ2n) is 6.21. The van der Waals surface area contributed by atoms with Gasteiger partial charge in [-0.25, -0.2) is 0 Å². The first-order chi connectivity index (χ1) is 10.0. The van der Waals surface area contributed by atoms with Gasteiger partial charge in [-0.2, -0.15) is 0 Å². The number of hydrogen-bond donors (Lipinski definition) is 3. The molecule has 1 rings (SSSR count). The summed E-state index contributed by atoms with van der Waals surface area (Å²) in [7, 11) is 0. The summed E-state index contributed by atoms with van der Waals surface area (Å²) in [5, 5.41) is 9.12. The lowest BCUT2D eigenvalue weighted by atomic mass is 9.88. The van der Waals surface area contributed by atoms with Gasteiger partial charge in [0.15, 0.2) is 0 Å². The van der Waals surface area contributed by atoms with Crippen LogP contribution in [0.15, 0.2) is 0 Å². The third kappa shape index (κ3) is 7.46. The van der Waals surface area contributed by atoms with Gasteiger partial charge in [-0.3, -0.25) is 9.59 Å². The molecule has 0 saturated heterocycles. The summed E-state index contributed by atoms with van der Waals surface area (Å²) >= 11 is 0. The van der Waals surface area contributed by atoms with Crippen molar-refractivity contribution in [1.82, 2.24) is 16.0 Å². The van der Waals surface area contributed by atoms with E-state index < -0.39 is 0 Å². The van der Waals surface area contributed by atoms with Crippen LogP contribution < -0.4 is 16.0 Å². The Bertz CT molecular complexity index is 327. The van der Waals surface area contributed by atoms with Gasteiger partial charge in [0, 0.05) is 31.0 Å². The minimum absolute atomic E-state index is 0.00352. The molecular formula is C16H31N3O2. The van der Waals surface area contributed by atoms with Gasteiger partial charge in [0.2, 0.25) is 11.8 Å². The van der Waals surface area contributed by atoms with Gasteiger partial charge in [0.05, 0.1) is 0 Å². The van der Waals surface area contributed by atoms with E-state index in [1.54, 1.807) is 0 Å². The zero-order valence-electron chi connectivity index (χ0n) is 13.7. The molecule has 122 valence electrons.